The summed E-state index contributed by atoms with van der Waals surface area (Å²) in [5.74, 6) is 0.651. The lowest BCUT2D eigenvalue weighted by molar-refractivity contribution is 0.552. The molecule has 0 saturated heterocycles. The van der Waals surface area contributed by atoms with Gasteiger partial charge in [0.15, 0.2) is 0 Å². The van der Waals surface area contributed by atoms with Crippen LogP contribution >= 0.6 is 23.2 Å². The van der Waals surface area contributed by atoms with Gasteiger partial charge in [-0.1, -0.05) is 43.1 Å². The Labute approximate surface area is 129 Å². The fourth-order valence-corrected chi connectivity index (χ4v) is 2.38. The number of nitrogens with zero attached hydrogens (tertiary/aromatic N) is 2. The standard InChI is InChI=1S/C15H19Cl2N3/c1-11(2)6-18-7-12-8-19-20(9-12)10-13-3-4-14(16)5-15(13)17/h3-5,8-9,11,18H,6-7,10H2,1-2H3. The van der Waals surface area contributed by atoms with Gasteiger partial charge in [-0.25, -0.2) is 0 Å². The third-order valence-corrected chi connectivity index (χ3v) is 3.50. The van der Waals surface area contributed by atoms with Crippen LogP contribution in [0.4, 0.5) is 0 Å². The third kappa shape index (κ3) is 4.51. The fourth-order valence-electron chi connectivity index (χ4n) is 1.91. The van der Waals surface area contributed by atoms with Gasteiger partial charge in [0, 0.05) is 28.4 Å². The first-order chi connectivity index (χ1) is 9.54. The Balaban J connectivity index is 1.95. The lowest BCUT2D eigenvalue weighted by atomic mass is 10.2. The van der Waals surface area contributed by atoms with E-state index in [4.69, 9.17) is 23.2 Å². The Bertz CT molecular complexity index is 564. The van der Waals surface area contributed by atoms with Gasteiger partial charge < -0.3 is 5.32 Å². The highest BCUT2D eigenvalue weighted by molar-refractivity contribution is 6.35. The molecule has 1 aromatic carbocycles. The second kappa shape index (κ2) is 7.11. The highest BCUT2D eigenvalue weighted by atomic mass is 35.5. The van der Waals surface area contributed by atoms with E-state index in [0.29, 0.717) is 22.5 Å². The molecule has 0 saturated carbocycles. The van der Waals surface area contributed by atoms with Crippen LogP contribution in [0.15, 0.2) is 30.6 Å². The van der Waals surface area contributed by atoms with Gasteiger partial charge in [-0.15, -0.1) is 0 Å². The van der Waals surface area contributed by atoms with Crippen LogP contribution in [0.5, 0.6) is 0 Å². The summed E-state index contributed by atoms with van der Waals surface area (Å²) in [5, 5.41) is 9.08. The SMILES string of the molecule is CC(C)CNCc1cnn(Cc2ccc(Cl)cc2Cl)c1. The molecule has 5 heteroatoms. The second-order valence-corrected chi connectivity index (χ2v) is 6.15. The third-order valence-electron chi connectivity index (χ3n) is 2.92. The zero-order chi connectivity index (χ0) is 14.5. The number of nitrogens with one attached hydrogen (secondary N) is 1. The minimum Gasteiger partial charge on any atom is -0.312 e. The Hall–Kier alpha value is -1.03. The summed E-state index contributed by atoms with van der Waals surface area (Å²) in [6, 6.07) is 5.54. The van der Waals surface area contributed by atoms with Gasteiger partial charge in [0.25, 0.3) is 0 Å². The molecule has 1 aromatic heterocycles. The molecule has 0 radical (unpaired) electrons. The van der Waals surface area contributed by atoms with E-state index in [1.165, 1.54) is 5.56 Å². The van der Waals surface area contributed by atoms with Gasteiger partial charge in [-0.2, -0.15) is 5.10 Å². The predicted molar refractivity (Wildman–Crippen MR) is 84.3 cm³/mol. The van der Waals surface area contributed by atoms with Crippen LogP contribution in [0.2, 0.25) is 10.0 Å². The van der Waals surface area contributed by atoms with Crippen LogP contribution in [0.1, 0.15) is 25.0 Å². The highest BCUT2D eigenvalue weighted by Crippen LogP contribution is 2.21. The smallest absolute Gasteiger partial charge is 0.0674 e. The summed E-state index contributed by atoms with van der Waals surface area (Å²) in [5.41, 5.74) is 2.19. The quantitative estimate of drug-likeness (QED) is 0.874. The Morgan fingerprint density at radius 1 is 1.30 bits per heavy atom. The lowest BCUT2D eigenvalue weighted by Crippen LogP contribution is -2.18. The van der Waals surface area contributed by atoms with Crippen LogP contribution in [-0.2, 0) is 13.1 Å². The van der Waals surface area contributed by atoms with Gasteiger partial charge in [0.1, 0.15) is 0 Å². The number of benzene rings is 1. The first kappa shape index (κ1) is 15.4. The van der Waals surface area contributed by atoms with E-state index < -0.39 is 0 Å². The van der Waals surface area contributed by atoms with E-state index in [9.17, 15) is 0 Å². The van der Waals surface area contributed by atoms with Crippen molar-refractivity contribution < 1.29 is 0 Å². The Kier molecular flexibility index (Phi) is 5.46. The average Bonchev–Trinajstić information content (AvgIpc) is 2.80. The largest absolute Gasteiger partial charge is 0.312 e. The molecule has 0 bridgehead atoms. The van der Waals surface area contributed by atoms with Crippen molar-refractivity contribution in [2.24, 2.45) is 5.92 Å². The van der Waals surface area contributed by atoms with Crippen LogP contribution in [0.25, 0.3) is 0 Å². The molecule has 0 spiro atoms. The molecule has 0 aliphatic carbocycles. The minimum atomic E-state index is 0.651. The Morgan fingerprint density at radius 3 is 2.80 bits per heavy atom. The summed E-state index contributed by atoms with van der Waals surface area (Å²) in [6.45, 7) is 6.89. The monoisotopic (exact) mass is 311 g/mol. The molecule has 0 aliphatic heterocycles. The number of aromatic nitrogens is 2. The molecule has 3 nitrogen and oxygen atoms in total. The molecular formula is C15H19Cl2N3. The Morgan fingerprint density at radius 2 is 2.10 bits per heavy atom. The maximum Gasteiger partial charge on any atom is 0.0674 e. The second-order valence-electron chi connectivity index (χ2n) is 5.31. The number of hydrogen-bond acceptors (Lipinski definition) is 2. The maximum absolute atomic E-state index is 6.17. The molecule has 0 aliphatic rings. The van der Waals surface area contributed by atoms with E-state index in [0.717, 1.165) is 18.7 Å². The fraction of sp³-hybridized carbons (Fsp3) is 0.400. The van der Waals surface area contributed by atoms with E-state index >= 15 is 0 Å². The zero-order valence-electron chi connectivity index (χ0n) is 11.7. The summed E-state index contributed by atoms with van der Waals surface area (Å²) in [7, 11) is 0. The molecule has 108 valence electrons. The number of rotatable bonds is 6. The molecule has 1 heterocycles. The van der Waals surface area contributed by atoms with Crippen LogP contribution in [0.3, 0.4) is 0 Å². The molecule has 2 aromatic rings. The average molecular weight is 312 g/mol. The molecular weight excluding hydrogens is 293 g/mol. The van der Waals surface area contributed by atoms with Gasteiger partial charge in [-0.05, 0) is 30.2 Å². The molecule has 2 rings (SSSR count). The summed E-state index contributed by atoms with van der Waals surface area (Å²) in [6.07, 6.45) is 3.93. The molecule has 20 heavy (non-hydrogen) atoms. The highest BCUT2D eigenvalue weighted by Gasteiger charge is 2.04. The van der Waals surface area contributed by atoms with Crippen molar-refractivity contribution >= 4 is 23.2 Å². The number of halogens is 2. The molecule has 0 unspecified atom stereocenters. The molecule has 1 N–H and O–H groups in total. The van der Waals surface area contributed by atoms with Gasteiger partial charge >= 0.3 is 0 Å². The first-order valence-corrected chi connectivity index (χ1v) is 7.46. The van der Waals surface area contributed by atoms with Crippen molar-refractivity contribution in [2.75, 3.05) is 6.54 Å². The van der Waals surface area contributed by atoms with Crippen LogP contribution in [0, 0.1) is 5.92 Å². The summed E-state index contributed by atoms with van der Waals surface area (Å²) >= 11 is 12.1. The normalized spacial score (nSPS) is 11.2. The molecule has 0 atom stereocenters. The minimum absolute atomic E-state index is 0.651. The topological polar surface area (TPSA) is 29.9 Å². The summed E-state index contributed by atoms with van der Waals surface area (Å²) in [4.78, 5) is 0. The van der Waals surface area contributed by atoms with Crippen molar-refractivity contribution in [3.05, 3.63) is 51.8 Å². The first-order valence-electron chi connectivity index (χ1n) is 6.70. The van der Waals surface area contributed by atoms with Crippen molar-refractivity contribution in [1.29, 1.82) is 0 Å². The van der Waals surface area contributed by atoms with E-state index in [-0.39, 0.29) is 0 Å². The van der Waals surface area contributed by atoms with Crippen molar-refractivity contribution in [3.63, 3.8) is 0 Å². The molecule has 0 amide bonds. The van der Waals surface area contributed by atoms with Crippen molar-refractivity contribution in [1.82, 2.24) is 15.1 Å². The van der Waals surface area contributed by atoms with E-state index in [2.05, 4.69) is 24.3 Å². The zero-order valence-corrected chi connectivity index (χ0v) is 13.2. The van der Waals surface area contributed by atoms with Crippen molar-refractivity contribution in [2.45, 2.75) is 26.9 Å². The lowest BCUT2D eigenvalue weighted by Gasteiger charge is -2.06. The van der Waals surface area contributed by atoms with Gasteiger partial charge in [0.2, 0.25) is 0 Å². The van der Waals surface area contributed by atoms with Gasteiger partial charge in [-0.3, -0.25) is 4.68 Å². The molecule has 0 fully saturated rings. The van der Waals surface area contributed by atoms with Gasteiger partial charge in [0.05, 0.1) is 12.7 Å². The predicted octanol–water partition coefficient (Wildman–Crippen LogP) is 3.98. The van der Waals surface area contributed by atoms with Crippen molar-refractivity contribution in [3.8, 4) is 0 Å². The van der Waals surface area contributed by atoms with E-state index in [1.807, 2.05) is 29.2 Å². The maximum atomic E-state index is 6.17. The van der Waals surface area contributed by atoms with E-state index in [1.54, 1.807) is 6.07 Å². The van der Waals surface area contributed by atoms with Crippen LogP contribution < -0.4 is 5.32 Å². The van der Waals surface area contributed by atoms with Crippen LogP contribution in [-0.4, -0.2) is 16.3 Å². The number of hydrogen-bond donors (Lipinski definition) is 1. The summed E-state index contributed by atoms with van der Waals surface area (Å²) < 4.78 is 1.89.